The molecule has 0 N–H and O–H groups in total. The molecule has 3 aromatic rings. The predicted octanol–water partition coefficient (Wildman–Crippen LogP) is 3.60. The van der Waals surface area contributed by atoms with Gasteiger partial charge in [0.1, 0.15) is 11.6 Å². The maximum absolute atomic E-state index is 12.8. The Morgan fingerprint density at radius 3 is 2.48 bits per heavy atom. The lowest BCUT2D eigenvalue weighted by Gasteiger charge is -2.34. The van der Waals surface area contributed by atoms with Crippen molar-refractivity contribution >= 4 is 34.1 Å². The molecule has 6 nitrogen and oxygen atoms in total. The first-order chi connectivity index (χ1) is 14.1. The van der Waals surface area contributed by atoms with E-state index in [1.165, 1.54) is 0 Å². The summed E-state index contributed by atoms with van der Waals surface area (Å²) in [6.45, 7) is 2.64. The first kappa shape index (κ1) is 19.7. The van der Waals surface area contributed by atoms with Gasteiger partial charge in [0.25, 0.3) is 5.91 Å². The average molecular weight is 430 g/mol. The minimum atomic E-state index is -1.26. The van der Waals surface area contributed by atoms with Crippen molar-refractivity contribution in [3.63, 3.8) is 0 Å². The topological polar surface area (TPSA) is 66.7 Å². The molecule has 1 saturated heterocycles. The minimum Gasteiger partial charge on any atom is -0.455 e. The molecule has 1 amide bonds. The van der Waals surface area contributed by atoms with Crippen LogP contribution in [0.2, 0.25) is 5.02 Å². The van der Waals surface area contributed by atoms with Gasteiger partial charge in [-0.1, -0.05) is 17.7 Å². The minimum absolute atomic E-state index is 0.144. The molecule has 1 aliphatic rings. The summed E-state index contributed by atoms with van der Waals surface area (Å²) in [5.41, 5.74) is 0. The van der Waals surface area contributed by atoms with Crippen LogP contribution < -0.4 is 4.90 Å². The number of carbonyl (C=O) groups excluding carboxylic acids is 1. The van der Waals surface area contributed by atoms with Crippen LogP contribution in [0.5, 0.6) is 0 Å². The average Bonchev–Trinajstić information content (AvgIpc) is 3.23. The van der Waals surface area contributed by atoms with Crippen LogP contribution in [0.3, 0.4) is 0 Å². The third kappa shape index (κ3) is 4.68. The molecule has 2 aromatic heterocycles. The Bertz CT molecular complexity index is 1000. The second-order valence-corrected chi connectivity index (χ2v) is 8.56. The quantitative estimate of drug-likeness (QED) is 0.620. The molecule has 0 spiro atoms. The molecule has 0 unspecified atom stereocenters. The molecule has 3 heterocycles. The molecule has 4 rings (SSSR count). The number of rotatable bonds is 5. The van der Waals surface area contributed by atoms with Crippen LogP contribution in [-0.4, -0.2) is 46.2 Å². The van der Waals surface area contributed by atoms with Gasteiger partial charge in [0.05, 0.1) is 16.6 Å². The fraction of sp³-hybridized carbons (Fsp3) is 0.238. The van der Waals surface area contributed by atoms with E-state index >= 15 is 0 Å². The normalized spacial score (nSPS) is 15.3. The zero-order chi connectivity index (χ0) is 20.2. The van der Waals surface area contributed by atoms with Gasteiger partial charge in [-0.25, -0.2) is 4.98 Å². The molecule has 8 heteroatoms. The second kappa shape index (κ2) is 8.80. The number of furan rings is 1. The lowest BCUT2D eigenvalue weighted by atomic mass is 10.2. The number of pyridine rings is 1. The van der Waals surface area contributed by atoms with Crippen molar-refractivity contribution in [3.05, 3.63) is 77.3 Å². The van der Waals surface area contributed by atoms with E-state index in [1.54, 1.807) is 47.5 Å². The highest BCUT2D eigenvalue weighted by Gasteiger charge is 2.25. The van der Waals surface area contributed by atoms with Crippen LogP contribution >= 0.6 is 11.6 Å². The molecular formula is C21H20ClN3O3S. The highest BCUT2D eigenvalue weighted by Crippen LogP contribution is 2.19. The summed E-state index contributed by atoms with van der Waals surface area (Å²) in [5, 5.41) is 0.597. The first-order valence-electron chi connectivity index (χ1n) is 9.28. The van der Waals surface area contributed by atoms with Gasteiger partial charge in [0.2, 0.25) is 0 Å². The number of halogens is 1. The number of aromatic nitrogens is 1. The van der Waals surface area contributed by atoms with Gasteiger partial charge in [-0.3, -0.25) is 9.00 Å². The number of piperazine rings is 1. The summed E-state index contributed by atoms with van der Waals surface area (Å²) in [6, 6.07) is 16.1. The van der Waals surface area contributed by atoms with Gasteiger partial charge in [-0.05, 0) is 48.5 Å². The van der Waals surface area contributed by atoms with Gasteiger partial charge >= 0.3 is 0 Å². The Hall–Kier alpha value is -2.64. The SMILES string of the molecule is O=C(c1ccc(C[S@@](=O)c2ccc(Cl)cc2)o1)N1CCN(c2ccccn2)CC1. The number of amides is 1. The van der Waals surface area contributed by atoms with E-state index in [-0.39, 0.29) is 17.4 Å². The molecule has 0 radical (unpaired) electrons. The van der Waals surface area contributed by atoms with Gasteiger partial charge in [-0.2, -0.15) is 0 Å². The lowest BCUT2D eigenvalue weighted by molar-refractivity contribution is 0.0713. The predicted molar refractivity (Wildman–Crippen MR) is 113 cm³/mol. The van der Waals surface area contributed by atoms with Crippen molar-refractivity contribution in [1.82, 2.24) is 9.88 Å². The largest absolute Gasteiger partial charge is 0.455 e. The van der Waals surface area contributed by atoms with Crippen LogP contribution in [0.15, 0.2) is 70.1 Å². The van der Waals surface area contributed by atoms with Crippen LogP contribution in [0.25, 0.3) is 0 Å². The molecule has 150 valence electrons. The van der Waals surface area contributed by atoms with Gasteiger partial charge < -0.3 is 14.2 Å². The monoisotopic (exact) mass is 429 g/mol. The van der Waals surface area contributed by atoms with Gasteiger partial charge in [0, 0.05) is 42.3 Å². The van der Waals surface area contributed by atoms with Crippen LogP contribution in [0, 0.1) is 0 Å². The summed E-state index contributed by atoms with van der Waals surface area (Å²) in [6.07, 6.45) is 1.77. The molecule has 0 aliphatic carbocycles. The Morgan fingerprint density at radius 1 is 1.03 bits per heavy atom. The van der Waals surface area contributed by atoms with E-state index < -0.39 is 10.8 Å². The smallest absolute Gasteiger partial charge is 0.289 e. The van der Waals surface area contributed by atoms with E-state index in [0.29, 0.717) is 28.8 Å². The summed E-state index contributed by atoms with van der Waals surface area (Å²) >= 11 is 5.87. The van der Waals surface area contributed by atoms with E-state index in [0.717, 1.165) is 18.9 Å². The number of carbonyl (C=O) groups is 1. The molecule has 0 bridgehead atoms. The molecule has 1 fully saturated rings. The molecule has 29 heavy (non-hydrogen) atoms. The number of hydrogen-bond acceptors (Lipinski definition) is 5. The summed E-state index contributed by atoms with van der Waals surface area (Å²) in [7, 11) is -1.26. The Kier molecular flexibility index (Phi) is 5.97. The van der Waals surface area contributed by atoms with Crippen molar-refractivity contribution in [2.75, 3.05) is 31.1 Å². The number of hydrogen-bond donors (Lipinski definition) is 0. The Morgan fingerprint density at radius 2 is 1.79 bits per heavy atom. The lowest BCUT2D eigenvalue weighted by Crippen LogP contribution is -2.49. The maximum Gasteiger partial charge on any atom is 0.289 e. The van der Waals surface area contributed by atoms with Crippen LogP contribution in [-0.2, 0) is 16.6 Å². The summed E-state index contributed by atoms with van der Waals surface area (Å²) in [5.74, 6) is 1.79. The fourth-order valence-electron chi connectivity index (χ4n) is 3.20. The third-order valence-corrected chi connectivity index (χ3v) is 6.36. The third-order valence-electron chi connectivity index (χ3n) is 4.76. The molecular weight excluding hydrogens is 410 g/mol. The van der Waals surface area contributed by atoms with Crippen LogP contribution in [0.1, 0.15) is 16.3 Å². The zero-order valence-corrected chi connectivity index (χ0v) is 17.2. The van der Waals surface area contributed by atoms with Crippen molar-refractivity contribution in [3.8, 4) is 0 Å². The van der Waals surface area contributed by atoms with E-state index in [2.05, 4.69) is 9.88 Å². The first-order valence-corrected chi connectivity index (χ1v) is 11.0. The number of nitrogens with zero attached hydrogens (tertiary/aromatic N) is 3. The zero-order valence-electron chi connectivity index (χ0n) is 15.7. The highest BCUT2D eigenvalue weighted by molar-refractivity contribution is 7.84. The molecule has 1 atom stereocenters. The van der Waals surface area contributed by atoms with Gasteiger partial charge in [-0.15, -0.1) is 0 Å². The molecule has 0 saturated carbocycles. The highest BCUT2D eigenvalue weighted by atomic mass is 35.5. The van der Waals surface area contributed by atoms with Crippen molar-refractivity contribution in [1.29, 1.82) is 0 Å². The Labute approximate surface area is 176 Å². The second-order valence-electron chi connectivity index (χ2n) is 6.68. The van der Waals surface area contributed by atoms with E-state index in [4.69, 9.17) is 16.0 Å². The van der Waals surface area contributed by atoms with Crippen LogP contribution in [0.4, 0.5) is 5.82 Å². The summed E-state index contributed by atoms with van der Waals surface area (Å²) < 4.78 is 18.2. The molecule has 1 aromatic carbocycles. The number of benzene rings is 1. The molecule has 1 aliphatic heterocycles. The Balaban J connectivity index is 1.35. The number of anilines is 1. The fourth-order valence-corrected chi connectivity index (χ4v) is 4.35. The van der Waals surface area contributed by atoms with E-state index in [9.17, 15) is 9.00 Å². The van der Waals surface area contributed by atoms with Crippen molar-refractivity contribution < 1.29 is 13.4 Å². The standard InChI is InChI=1S/C21H20ClN3O3S/c22-16-4-7-18(8-5-16)29(27)15-17-6-9-19(28-17)21(26)25-13-11-24(12-14-25)20-3-1-2-10-23-20/h1-10H,11-15H2/t29-/m1/s1. The summed E-state index contributed by atoms with van der Waals surface area (Å²) in [4.78, 5) is 21.7. The maximum atomic E-state index is 12.8. The van der Waals surface area contributed by atoms with E-state index in [1.807, 2.05) is 18.2 Å². The van der Waals surface area contributed by atoms with Gasteiger partial charge in [0.15, 0.2) is 5.76 Å². The van der Waals surface area contributed by atoms with Crippen molar-refractivity contribution in [2.45, 2.75) is 10.6 Å². The van der Waals surface area contributed by atoms with Crippen molar-refractivity contribution in [2.24, 2.45) is 0 Å².